The van der Waals surface area contributed by atoms with Crippen LogP contribution in [0.5, 0.6) is 0 Å². The van der Waals surface area contributed by atoms with Crippen molar-refractivity contribution in [3.05, 3.63) is 40.8 Å². The summed E-state index contributed by atoms with van der Waals surface area (Å²) in [5.74, 6) is 0. The molecule has 20 heavy (non-hydrogen) atoms. The van der Waals surface area contributed by atoms with E-state index in [2.05, 4.69) is 33.5 Å². The van der Waals surface area contributed by atoms with Crippen LogP contribution in [0.4, 0.5) is 0 Å². The number of tetrazole rings is 1. The van der Waals surface area contributed by atoms with E-state index in [1.807, 2.05) is 19.1 Å². The number of halogens is 1. The summed E-state index contributed by atoms with van der Waals surface area (Å²) in [4.78, 5) is 4.55. The number of aryl methyl sites for hydroxylation is 2. The van der Waals surface area contributed by atoms with Crippen molar-refractivity contribution < 1.29 is 0 Å². The summed E-state index contributed by atoms with van der Waals surface area (Å²) in [6.07, 6.45) is 3.56. The first-order valence-electron chi connectivity index (χ1n) is 6.52. The van der Waals surface area contributed by atoms with Gasteiger partial charge in [0.05, 0.1) is 11.2 Å². The van der Waals surface area contributed by atoms with E-state index in [9.17, 15) is 0 Å². The molecule has 0 aliphatic rings. The lowest BCUT2D eigenvalue weighted by molar-refractivity contribution is 0.786. The molecule has 0 spiro atoms. The van der Waals surface area contributed by atoms with Crippen molar-refractivity contribution in [2.45, 2.75) is 26.7 Å². The number of hydrogen-bond donors (Lipinski definition) is 0. The molecule has 0 fully saturated rings. The number of aromatic nitrogens is 5. The second-order valence-electron chi connectivity index (χ2n) is 4.72. The zero-order chi connectivity index (χ0) is 14.1. The molecule has 5 nitrogen and oxygen atoms in total. The van der Waals surface area contributed by atoms with Crippen LogP contribution in [0, 0.1) is 6.92 Å². The lowest BCUT2D eigenvalue weighted by Gasteiger charge is -2.10. The number of rotatable bonds is 3. The van der Waals surface area contributed by atoms with Gasteiger partial charge in [0.25, 0.3) is 0 Å². The van der Waals surface area contributed by atoms with Gasteiger partial charge in [-0.2, -0.15) is 0 Å². The Balaban J connectivity index is 2.21. The molecule has 3 rings (SSSR count). The molecule has 0 aliphatic carbocycles. The average molecular weight is 288 g/mol. The molecular weight excluding hydrogens is 274 g/mol. The van der Waals surface area contributed by atoms with Crippen LogP contribution in [0.3, 0.4) is 0 Å². The van der Waals surface area contributed by atoms with Crippen molar-refractivity contribution >= 4 is 22.5 Å². The molecule has 0 bridgehead atoms. The number of hydrogen-bond acceptors (Lipinski definition) is 4. The molecule has 0 aliphatic heterocycles. The quantitative estimate of drug-likeness (QED) is 0.695. The van der Waals surface area contributed by atoms with Gasteiger partial charge < -0.3 is 0 Å². The Labute approximate surface area is 121 Å². The maximum absolute atomic E-state index is 6.27. The van der Waals surface area contributed by atoms with E-state index in [-0.39, 0.29) is 0 Å². The van der Waals surface area contributed by atoms with Gasteiger partial charge in [0.15, 0.2) is 0 Å². The van der Waals surface area contributed by atoms with Crippen molar-refractivity contribution in [3.8, 4) is 5.69 Å². The lowest BCUT2D eigenvalue weighted by Crippen LogP contribution is -2.00. The maximum atomic E-state index is 6.27. The molecule has 2 aromatic heterocycles. The Morgan fingerprint density at radius 3 is 2.85 bits per heavy atom. The molecular formula is C14H14ClN5. The fourth-order valence-corrected chi connectivity index (χ4v) is 2.59. The van der Waals surface area contributed by atoms with E-state index in [1.54, 1.807) is 11.0 Å². The summed E-state index contributed by atoms with van der Waals surface area (Å²) in [5, 5.41) is 12.9. The normalized spacial score (nSPS) is 11.2. The van der Waals surface area contributed by atoms with Crippen molar-refractivity contribution in [1.29, 1.82) is 0 Å². The Bertz CT molecular complexity index is 752. The largest absolute Gasteiger partial charge is 0.235 e. The van der Waals surface area contributed by atoms with E-state index in [4.69, 9.17) is 11.6 Å². The van der Waals surface area contributed by atoms with Gasteiger partial charge in [0.1, 0.15) is 11.5 Å². The van der Waals surface area contributed by atoms with E-state index >= 15 is 0 Å². The van der Waals surface area contributed by atoms with Crippen LogP contribution in [0.1, 0.15) is 24.5 Å². The first kappa shape index (κ1) is 13.0. The summed E-state index contributed by atoms with van der Waals surface area (Å²) in [5.41, 5.74) is 3.91. The zero-order valence-electron chi connectivity index (χ0n) is 11.3. The minimum Gasteiger partial charge on any atom is -0.235 e. The first-order valence-corrected chi connectivity index (χ1v) is 6.90. The van der Waals surface area contributed by atoms with Crippen molar-refractivity contribution in [2.24, 2.45) is 0 Å². The minimum atomic E-state index is 0.580. The van der Waals surface area contributed by atoms with Crippen molar-refractivity contribution in [1.82, 2.24) is 25.2 Å². The number of fused-ring (bicyclic) bond motifs is 1. The molecule has 0 saturated heterocycles. The first-order chi connectivity index (χ1) is 9.70. The summed E-state index contributed by atoms with van der Waals surface area (Å²) in [6, 6.07) is 6.14. The predicted octanol–water partition coefficient (Wildman–Crippen LogP) is 3.12. The molecule has 0 N–H and O–H groups in total. The monoisotopic (exact) mass is 287 g/mol. The Hall–Kier alpha value is -2.01. The van der Waals surface area contributed by atoms with E-state index < -0.39 is 0 Å². The van der Waals surface area contributed by atoms with Gasteiger partial charge in [-0.25, -0.2) is 9.67 Å². The highest BCUT2D eigenvalue weighted by molar-refractivity contribution is 6.30. The number of pyridine rings is 1. The van der Waals surface area contributed by atoms with Gasteiger partial charge in [-0.3, -0.25) is 0 Å². The summed E-state index contributed by atoms with van der Waals surface area (Å²) in [6.45, 7) is 4.13. The van der Waals surface area contributed by atoms with E-state index in [0.717, 1.165) is 40.6 Å². The van der Waals surface area contributed by atoms with Gasteiger partial charge in [-0.05, 0) is 41.5 Å². The van der Waals surface area contributed by atoms with Crippen molar-refractivity contribution in [2.75, 3.05) is 0 Å². The molecule has 2 heterocycles. The second kappa shape index (κ2) is 5.17. The van der Waals surface area contributed by atoms with Crippen LogP contribution in [0.15, 0.2) is 24.5 Å². The number of benzene rings is 1. The lowest BCUT2D eigenvalue weighted by atomic mass is 10.1. The Kier molecular flexibility index (Phi) is 3.36. The third-order valence-electron chi connectivity index (χ3n) is 3.35. The summed E-state index contributed by atoms with van der Waals surface area (Å²) < 4.78 is 1.63. The predicted molar refractivity (Wildman–Crippen MR) is 78.2 cm³/mol. The molecule has 0 unspecified atom stereocenters. The highest BCUT2D eigenvalue weighted by Gasteiger charge is 2.11. The topological polar surface area (TPSA) is 56.5 Å². The van der Waals surface area contributed by atoms with Gasteiger partial charge in [0, 0.05) is 10.9 Å². The van der Waals surface area contributed by atoms with Crippen molar-refractivity contribution in [3.63, 3.8) is 0 Å². The van der Waals surface area contributed by atoms with Crippen LogP contribution in [-0.4, -0.2) is 25.2 Å². The second-order valence-corrected chi connectivity index (χ2v) is 5.08. The third-order valence-corrected chi connectivity index (χ3v) is 3.68. The van der Waals surface area contributed by atoms with Crippen LogP contribution >= 0.6 is 11.6 Å². The van der Waals surface area contributed by atoms with Gasteiger partial charge in [-0.1, -0.05) is 31.0 Å². The molecule has 0 amide bonds. The molecule has 6 heteroatoms. The van der Waals surface area contributed by atoms with Gasteiger partial charge in [-0.15, -0.1) is 5.10 Å². The maximum Gasteiger partial charge on any atom is 0.143 e. The van der Waals surface area contributed by atoms with Crippen LogP contribution < -0.4 is 0 Å². The van der Waals surface area contributed by atoms with Crippen LogP contribution in [0.2, 0.25) is 5.15 Å². The Morgan fingerprint density at radius 2 is 2.15 bits per heavy atom. The number of nitrogens with zero attached hydrogens (tertiary/aromatic N) is 5. The molecule has 0 radical (unpaired) electrons. The summed E-state index contributed by atoms with van der Waals surface area (Å²) in [7, 11) is 0. The minimum absolute atomic E-state index is 0.580. The zero-order valence-corrected chi connectivity index (χ0v) is 12.1. The van der Waals surface area contributed by atoms with Gasteiger partial charge in [0.2, 0.25) is 0 Å². The molecule has 0 saturated carbocycles. The smallest absolute Gasteiger partial charge is 0.143 e. The highest BCUT2D eigenvalue weighted by atomic mass is 35.5. The highest BCUT2D eigenvalue weighted by Crippen LogP contribution is 2.27. The molecule has 102 valence electrons. The third kappa shape index (κ3) is 2.14. The summed E-state index contributed by atoms with van der Waals surface area (Å²) >= 11 is 6.27. The fourth-order valence-electron chi connectivity index (χ4n) is 2.36. The SMILES string of the molecule is CCCc1cc2ccc(-n3cnnn3)c(C)c2nc1Cl. The van der Waals surface area contributed by atoms with E-state index in [1.165, 1.54) is 0 Å². The van der Waals surface area contributed by atoms with Crippen LogP contribution in [0.25, 0.3) is 16.6 Å². The molecule has 3 aromatic rings. The van der Waals surface area contributed by atoms with Gasteiger partial charge >= 0.3 is 0 Å². The fraction of sp³-hybridized carbons (Fsp3) is 0.286. The molecule has 1 aromatic carbocycles. The van der Waals surface area contributed by atoms with E-state index in [0.29, 0.717) is 5.15 Å². The standard InChI is InChI=1S/C14H14ClN5/c1-3-4-11-7-10-5-6-12(20-8-16-18-19-20)9(2)13(10)17-14(11)15/h5-8H,3-4H2,1-2H3. The molecule has 0 atom stereocenters. The Morgan fingerprint density at radius 1 is 1.30 bits per heavy atom. The van der Waals surface area contributed by atoms with Crippen LogP contribution in [-0.2, 0) is 6.42 Å². The average Bonchev–Trinajstić information content (AvgIpc) is 2.95.